The van der Waals surface area contributed by atoms with Gasteiger partial charge in [0.05, 0.1) is 22.2 Å². The van der Waals surface area contributed by atoms with Gasteiger partial charge in [0.25, 0.3) is 5.91 Å². The van der Waals surface area contributed by atoms with Gasteiger partial charge in [-0.15, -0.1) is 0 Å². The molecule has 0 aliphatic rings. The number of sulfone groups is 1. The lowest BCUT2D eigenvalue weighted by atomic mass is 10.3. The van der Waals surface area contributed by atoms with Crippen molar-refractivity contribution in [2.75, 3.05) is 18.7 Å². The Bertz CT molecular complexity index is 1130. The second-order valence-electron chi connectivity index (χ2n) is 5.05. The highest BCUT2D eigenvalue weighted by atomic mass is 32.2. The minimum Gasteiger partial charge on any atom is -0.490 e. The summed E-state index contributed by atoms with van der Waals surface area (Å²) >= 11 is 1.11. The van der Waals surface area contributed by atoms with Crippen LogP contribution in [0.5, 0.6) is 5.75 Å². The minimum atomic E-state index is -3.33. The van der Waals surface area contributed by atoms with E-state index in [-0.39, 0.29) is 21.5 Å². The number of ether oxygens (including phenoxy) is 1. The number of hydrogen-bond acceptors (Lipinski definition) is 8. The van der Waals surface area contributed by atoms with Crippen LogP contribution in [0.2, 0.25) is 0 Å². The summed E-state index contributed by atoms with van der Waals surface area (Å²) in [5.74, 6) is -0.853. The number of benzene rings is 1. The Hall–Kier alpha value is -2.72. The molecule has 0 radical (unpaired) electrons. The fourth-order valence-electron chi connectivity index (χ4n) is 2.01. The fraction of sp³-hybridized carbons (Fsp3) is 0.133. The molecule has 2 heterocycles. The van der Waals surface area contributed by atoms with Gasteiger partial charge in [-0.2, -0.15) is 0 Å². The average molecular weight is 380 g/mol. The summed E-state index contributed by atoms with van der Waals surface area (Å²) in [6.07, 6.45) is 2.16. The third-order valence-electron chi connectivity index (χ3n) is 3.25. The Balaban J connectivity index is 1.88. The number of nitrogens with zero attached hydrogens (tertiary/aromatic N) is 1. The van der Waals surface area contributed by atoms with Crippen molar-refractivity contribution in [1.29, 1.82) is 0 Å². The molecule has 3 rings (SSSR count). The van der Waals surface area contributed by atoms with Crippen molar-refractivity contribution in [2.45, 2.75) is 4.90 Å². The molecule has 1 N–H and O–H groups in total. The number of fused-ring (bicyclic) bond motifs is 1. The van der Waals surface area contributed by atoms with E-state index < -0.39 is 21.2 Å². The summed E-state index contributed by atoms with van der Waals surface area (Å²) in [5, 5.41) is 2.77. The summed E-state index contributed by atoms with van der Waals surface area (Å²) in [6.45, 7) is 0. The van der Waals surface area contributed by atoms with E-state index in [9.17, 15) is 18.0 Å². The van der Waals surface area contributed by atoms with Gasteiger partial charge < -0.3 is 9.15 Å². The molecule has 0 bridgehead atoms. The van der Waals surface area contributed by atoms with E-state index in [0.717, 1.165) is 29.9 Å². The van der Waals surface area contributed by atoms with E-state index in [1.807, 2.05) is 0 Å². The normalized spacial score (nSPS) is 11.4. The van der Waals surface area contributed by atoms with Crippen LogP contribution in [0, 0.1) is 0 Å². The van der Waals surface area contributed by atoms with Gasteiger partial charge in [-0.1, -0.05) is 11.3 Å². The number of rotatable bonds is 4. The van der Waals surface area contributed by atoms with Crippen molar-refractivity contribution in [3.05, 3.63) is 46.5 Å². The summed E-state index contributed by atoms with van der Waals surface area (Å²) < 4.78 is 33.6. The molecule has 0 saturated carbocycles. The third kappa shape index (κ3) is 3.54. The summed E-state index contributed by atoms with van der Waals surface area (Å²) in [4.78, 5) is 28.2. The van der Waals surface area contributed by atoms with E-state index in [2.05, 4.69) is 10.3 Å². The van der Waals surface area contributed by atoms with Crippen LogP contribution in [0.25, 0.3) is 10.2 Å². The summed E-state index contributed by atoms with van der Waals surface area (Å²) in [6, 6.07) is 5.52. The minimum absolute atomic E-state index is 0.00941. The molecule has 0 atom stereocenters. The lowest BCUT2D eigenvalue weighted by Crippen LogP contribution is -2.15. The monoisotopic (exact) mass is 380 g/mol. The highest BCUT2D eigenvalue weighted by Crippen LogP contribution is 2.28. The predicted molar refractivity (Wildman–Crippen MR) is 92.2 cm³/mol. The van der Waals surface area contributed by atoms with Gasteiger partial charge in [-0.3, -0.25) is 14.9 Å². The Morgan fingerprint density at radius 1 is 1.32 bits per heavy atom. The molecule has 130 valence electrons. The molecule has 25 heavy (non-hydrogen) atoms. The van der Waals surface area contributed by atoms with Crippen molar-refractivity contribution >= 4 is 42.4 Å². The predicted octanol–water partition coefficient (Wildman–Crippen LogP) is 1.91. The smallest absolute Gasteiger partial charge is 0.293 e. The Morgan fingerprint density at radius 3 is 2.72 bits per heavy atom. The molecule has 3 aromatic rings. The standard InChI is InChI=1S/C15H12N2O6S2/c1-22-12-7-23-11(6-10(12)18)14(19)17-15-16-9-4-3-8(25(2,20)21)5-13(9)24-15/h3-7H,1-2H3,(H,16,17,19). The first-order chi connectivity index (χ1) is 11.8. The number of carbonyl (C=O) groups is 1. The van der Waals surface area contributed by atoms with E-state index in [1.165, 1.54) is 19.2 Å². The number of methoxy groups -OCH3 is 1. The zero-order chi connectivity index (χ0) is 18.2. The molecule has 0 aliphatic carbocycles. The topological polar surface area (TPSA) is 116 Å². The molecule has 0 fully saturated rings. The van der Waals surface area contributed by atoms with Crippen molar-refractivity contribution in [3.63, 3.8) is 0 Å². The van der Waals surface area contributed by atoms with Crippen molar-refractivity contribution < 1.29 is 22.4 Å². The van der Waals surface area contributed by atoms with Gasteiger partial charge in [-0.25, -0.2) is 13.4 Å². The number of aromatic nitrogens is 1. The van der Waals surface area contributed by atoms with Gasteiger partial charge in [0, 0.05) is 12.3 Å². The van der Waals surface area contributed by atoms with Gasteiger partial charge in [-0.05, 0) is 18.2 Å². The van der Waals surface area contributed by atoms with Crippen LogP contribution in [0.15, 0.2) is 44.6 Å². The lowest BCUT2D eigenvalue weighted by Gasteiger charge is -2.01. The van der Waals surface area contributed by atoms with Crippen molar-refractivity contribution in [1.82, 2.24) is 4.98 Å². The van der Waals surface area contributed by atoms with E-state index >= 15 is 0 Å². The number of anilines is 1. The maximum Gasteiger partial charge on any atom is 0.293 e. The molecule has 10 heteroatoms. The van der Waals surface area contributed by atoms with Gasteiger partial charge in [0.15, 0.2) is 20.7 Å². The first kappa shape index (κ1) is 17.1. The second-order valence-corrected chi connectivity index (χ2v) is 8.10. The van der Waals surface area contributed by atoms with E-state index in [4.69, 9.17) is 9.15 Å². The zero-order valence-electron chi connectivity index (χ0n) is 13.1. The van der Waals surface area contributed by atoms with Gasteiger partial charge in [0.2, 0.25) is 11.2 Å². The third-order valence-corrected chi connectivity index (χ3v) is 5.29. The number of hydrogen-bond donors (Lipinski definition) is 1. The van der Waals surface area contributed by atoms with Crippen LogP contribution < -0.4 is 15.5 Å². The highest BCUT2D eigenvalue weighted by Gasteiger charge is 2.15. The number of thiazole rings is 1. The van der Waals surface area contributed by atoms with Crippen LogP contribution >= 0.6 is 11.3 Å². The molecule has 2 aromatic heterocycles. The van der Waals surface area contributed by atoms with E-state index in [1.54, 1.807) is 6.07 Å². The molecular weight excluding hydrogens is 368 g/mol. The van der Waals surface area contributed by atoms with Gasteiger partial charge >= 0.3 is 0 Å². The summed E-state index contributed by atoms with van der Waals surface area (Å²) in [7, 11) is -2.02. The number of amides is 1. The molecule has 1 amide bonds. The highest BCUT2D eigenvalue weighted by molar-refractivity contribution is 7.90. The van der Waals surface area contributed by atoms with Gasteiger partial charge in [0.1, 0.15) is 6.26 Å². The average Bonchev–Trinajstić information content (AvgIpc) is 2.95. The quantitative estimate of drug-likeness (QED) is 0.735. The first-order valence-corrected chi connectivity index (χ1v) is 9.57. The molecule has 0 aliphatic heterocycles. The zero-order valence-corrected chi connectivity index (χ0v) is 14.7. The van der Waals surface area contributed by atoms with Crippen LogP contribution in [0.1, 0.15) is 10.6 Å². The van der Waals surface area contributed by atoms with Crippen LogP contribution in [0.4, 0.5) is 5.13 Å². The Labute approximate surface area is 146 Å². The number of nitrogens with one attached hydrogen (secondary N) is 1. The van der Waals surface area contributed by atoms with Crippen molar-refractivity contribution in [2.24, 2.45) is 0 Å². The van der Waals surface area contributed by atoms with Crippen LogP contribution in [-0.4, -0.2) is 32.7 Å². The maximum absolute atomic E-state index is 12.2. The SMILES string of the molecule is COc1coc(C(=O)Nc2nc3ccc(S(C)(=O)=O)cc3s2)cc1=O. The largest absolute Gasteiger partial charge is 0.490 e. The Morgan fingerprint density at radius 2 is 2.08 bits per heavy atom. The van der Waals surface area contributed by atoms with Crippen molar-refractivity contribution in [3.8, 4) is 5.75 Å². The summed E-state index contributed by atoms with van der Waals surface area (Å²) in [5.41, 5.74) is 0.0601. The maximum atomic E-state index is 12.2. The van der Waals surface area contributed by atoms with Crippen LogP contribution in [0.3, 0.4) is 0 Å². The Kier molecular flexibility index (Phi) is 4.31. The van der Waals surface area contributed by atoms with E-state index in [0.29, 0.717) is 10.2 Å². The molecule has 8 nitrogen and oxygen atoms in total. The van der Waals surface area contributed by atoms with Crippen LogP contribution in [-0.2, 0) is 9.84 Å². The molecule has 0 unspecified atom stereocenters. The fourth-order valence-corrected chi connectivity index (χ4v) is 3.64. The molecule has 0 saturated heterocycles. The second kappa shape index (κ2) is 6.30. The molecular formula is C15H12N2O6S2. The molecule has 0 spiro atoms. The first-order valence-electron chi connectivity index (χ1n) is 6.87. The number of carbonyl (C=O) groups excluding carboxylic acids is 1. The lowest BCUT2D eigenvalue weighted by molar-refractivity contribution is 0.0993. The molecule has 1 aromatic carbocycles.